The molecular weight excluding hydrogens is 518 g/mol. The topological polar surface area (TPSA) is 0 Å². The van der Waals surface area contributed by atoms with Crippen molar-refractivity contribution >= 4 is 5.49 Å². The fraction of sp³-hybridized carbons (Fsp3) is 0.600. The molecule has 0 fully saturated rings. The van der Waals surface area contributed by atoms with Crippen LogP contribution in [0.25, 0.3) is 0 Å². The van der Waals surface area contributed by atoms with Gasteiger partial charge in [0.15, 0.2) is 0 Å². The summed E-state index contributed by atoms with van der Waals surface area (Å²) in [4.78, 5) is 0. The van der Waals surface area contributed by atoms with Crippen LogP contribution in [0.5, 0.6) is 0 Å². The third kappa shape index (κ3) is 5.31. The molecule has 0 spiro atoms. The first-order valence-electron chi connectivity index (χ1n) is 9.03. The Morgan fingerprint density at radius 1 is 0.708 bits per heavy atom. The fourth-order valence-corrected chi connectivity index (χ4v) is 40.9. The molecule has 2 aliphatic carbocycles. The Balaban J connectivity index is 0.00000264. The van der Waals surface area contributed by atoms with Gasteiger partial charge in [-0.2, -0.15) is 0 Å². The minimum Gasteiger partial charge on any atom is -1.00 e. The normalized spacial score (nSPS) is 18.0. The van der Waals surface area contributed by atoms with E-state index >= 15 is 0 Å². The summed E-state index contributed by atoms with van der Waals surface area (Å²) >= 11 is -1.93. The second-order valence-corrected chi connectivity index (χ2v) is 33.4. The molecule has 0 atom stereocenters. The van der Waals surface area contributed by atoms with E-state index in [4.69, 9.17) is 0 Å². The summed E-state index contributed by atoms with van der Waals surface area (Å²) < 4.78 is 1.01. The number of hydrogen-bond donors (Lipinski definition) is 0. The van der Waals surface area contributed by atoms with E-state index in [-0.39, 0.29) is 30.3 Å². The first kappa shape index (κ1) is 24.6. The minimum absolute atomic E-state index is 0. The Morgan fingerprint density at radius 2 is 1.04 bits per heavy atom. The molecule has 24 heavy (non-hydrogen) atoms. The summed E-state index contributed by atoms with van der Waals surface area (Å²) in [5, 5.41) is 0. The van der Waals surface area contributed by atoms with E-state index in [1.54, 1.807) is 0 Å². The van der Waals surface area contributed by atoms with Crippen LogP contribution in [0.1, 0.15) is 52.4 Å². The van der Waals surface area contributed by atoms with Gasteiger partial charge in [0.05, 0.1) is 0 Å². The standard InChI is InChI=1S/2C9H13.C2H6Si.2ClH.Hf/c2*1-2-3-6-9-7-4-5-8-9;1-3-2;;;/h2*4-5,7-8H,2-3,6H2,1H3;1-2H3;2*1H;/q;;;;;+2/p-2. The molecule has 0 radical (unpaired) electrons. The summed E-state index contributed by atoms with van der Waals surface area (Å²) in [5.74, 6) is 0. The molecule has 0 amide bonds. The predicted octanol–water partition coefficient (Wildman–Crippen LogP) is 0.814. The first-order valence-corrected chi connectivity index (χ1v) is 20.5. The molecule has 0 nitrogen and oxygen atoms in total. The van der Waals surface area contributed by atoms with Gasteiger partial charge in [-0.1, -0.05) is 0 Å². The molecule has 0 saturated carbocycles. The summed E-state index contributed by atoms with van der Waals surface area (Å²) in [6, 6.07) is 0. The molecule has 0 aromatic carbocycles. The molecule has 0 aromatic heterocycles. The van der Waals surface area contributed by atoms with Crippen LogP contribution in [0.15, 0.2) is 48.6 Å². The second-order valence-electron chi connectivity index (χ2n) is 7.10. The summed E-state index contributed by atoms with van der Waals surface area (Å²) in [5.41, 5.74) is -0.206. The van der Waals surface area contributed by atoms with Crippen molar-refractivity contribution in [1.82, 2.24) is 0 Å². The smallest absolute Gasteiger partial charge is 1.00 e. The van der Waals surface area contributed by atoms with Crippen LogP contribution in [0.4, 0.5) is 0 Å². The number of hydrogen-bond acceptors (Lipinski definition) is 0. The zero-order valence-electron chi connectivity index (χ0n) is 15.6. The van der Waals surface area contributed by atoms with E-state index in [0.717, 1.165) is 0 Å². The Hall–Kier alpha value is 0.627. The Morgan fingerprint density at radius 3 is 1.29 bits per heavy atom. The molecule has 0 N–H and O–H groups in total. The summed E-state index contributed by atoms with van der Waals surface area (Å²) in [6.45, 7) is 9.92. The van der Waals surface area contributed by atoms with E-state index in [2.05, 4.69) is 75.5 Å². The quantitative estimate of drug-likeness (QED) is 0.393. The Kier molecular flexibility index (Phi) is 11.7. The largest absolute Gasteiger partial charge is 1.00 e. The molecular formula is C20H32Cl2HfSi. The maximum absolute atomic E-state index is 2.62. The molecule has 0 saturated heterocycles. The third-order valence-corrected chi connectivity index (χ3v) is 35.4. The zero-order chi connectivity index (χ0) is 16.1. The van der Waals surface area contributed by atoms with Crippen LogP contribution < -0.4 is 24.8 Å². The summed E-state index contributed by atoms with van der Waals surface area (Å²) in [6.07, 6.45) is 28.1. The van der Waals surface area contributed by atoms with Gasteiger partial charge in [-0.05, 0) is 0 Å². The maximum atomic E-state index is 2.62. The zero-order valence-corrected chi connectivity index (χ0v) is 21.7. The van der Waals surface area contributed by atoms with Crippen LogP contribution in [-0.2, 0) is 20.1 Å². The molecule has 0 unspecified atom stereocenters. The molecule has 2 rings (SSSR count). The van der Waals surface area contributed by atoms with Gasteiger partial charge >= 0.3 is 146 Å². The van der Waals surface area contributed by atoms with Crippen molar-refractivity contribution in [2.75, 3.05) is 0 Å². The summed E-state index contributed by atoms with van der Waals surface area (Å²) in [7, 11) is 0. The second kappa shape index (κ2) is 11.4. The van der Waals surface area contributed by atoms with Crippen molar-refractivity contribution in [2.24, 2.45) is 0 Å². The van der Waals surface area contributed by atoms with E-state index < -0.39 is 20.1 Å². The average Bonchev–Trinajstić information content (AvgIpc) is 3.14. The van der Waals surface area contributed by atoms with Gasteiger partial charge in [0, 0.05) is 0 Å². The van der Waals surface area contributed by atoms with Gasteiger partial charge in [0.25, 0.3) is 0 Å². The van der Waals surface area contributed by atoms with Gasteiger partial charge in [-0.15, -0.1) is 0 Å². The number of halogens is 2. The van der Waals surface area contributed by atoms with Gasteiger partial charge < -0.3 is 24.8 Å². The molecule has 0 bridgehead atoms. The Bertz CT molecular complexity index is 474. The maximum Gasteiger partial charge on any atom is -1.00 e. The first-order chi connectivity index (χ1) is 10.6. The van der Waals surface area contributed by atoms with E-state index in [9.17, 15) is 0 Å². The number of rotatable bonds is 8. The SMILES string of the molecule is CCCC[C]1([Hf+2](=[Si](C)C)[C]2(CCCC)C=CC=C2)C=CC=C1.[Cl-].[Cl-]. The van der Waals surface area contributed by atoms with Gasteiger partial charge in [-0.3, -0.25) is 0 Å². The van der Waals surface area contributed by atoms with Crippen molar-refractivity contribution in [3.63, 3.8) is 0 Å². The molecule has 0 heterocycles. The molecule has 4 heteroatoms. The van der Waals surface area contributed by atoms with E-state index in [0.29, 0.717) is 6.34 Å². The van der Waals surface area contributed by atoms with Crippen LogP contribution in [-0.4, -0.2) is 5.49 Å². The van der Waals surface area contributed by atoms with Crippen LogP contribution in [0.2, 0.25) is 19.4 Å². The van der Waals surface area contributed by atoms with Crippen molar-refractivity contribution in [3.8, 4) is 0 Å². The number of allylic oxidation sites excluding steroid dienone is 8. The molecule has 0 aromatic rings. The van der Waals surface area contributed by atoms with Gasteiger partial charge in [0.1, 0.15) is 0 Å². The molecule has 2 aliphatic rings. The van der Waals surface area contributed by atoms with Gasteiger partial charge in [-0.25, -0.2) is 0 Å². The third-order valence-electron chi connectivity index (χ3n) is 5.12. The van der Waals surface area contributed by atoms with Gasteiger partial charge in [0.2, 0.25) is 0 Å². The Labute approximate surface area is 169 Å². The molecule has 0 aliphatic heterocycles. The average molecular weight is 550 g/mol. The van der Waals surface area contributed by atoms with Crippen LogP contribution >= 0.6 is 0 Å². The van der Waals surface area contributed by atoms with Crippen molar-refractivity contribution in [3.05, 3.63) is 48.6 Å². The van der Waals surface area contributed by atoms with E-state index in [1.165, 1.54) is 38.5 Å². The van der Waals surface area contributed by atoms with Crippen molar-refractivity contribution < 1.29 is 44.9 Å². The van der Waals surface area contributed by atoms with Crippen molar-refractivity contribution in [2.45, 2.75) is 71.8 Å². The number of unbranched alkanes of at least 4 members (excludes halogenated alkanes) is 2. The predicted molar refractivity (Wildman–Crippen MR) is 98.5 cm³/mol. The monoisotopic (exact) mass is 550 g/mol. The van der Waals surface area contributed by atoms with Crippen LogP contribution in [0, 0.1) is 0 Å². The van der Waals surface area contributed by atoms with Crippen molar-refractivity contribution in [1.29, 1.82) is 0 Å². The van der Waals surface area contributed by atoms with E-state index in [1.807, 2.05) is 0 Å². The fourth-order valence-electron chi connectivity index (χ4n) is 4.24. The minimum atomic E-state index is -1.93. The molecule has 134 valence electrons. The van der Waals surface area contributed by atoms with Crippen LogP contribution in [0.3, 0.4) is 0 Å².